The molecule has 1 atom stereocenters. The average molecular weight is 454 g/mol. The van der Waals surface area contributed by atoms with E-state index in [2.05, 4.69) is 21.7 Å². The Balaban J connectivity index is 1.69. The molecule has 1 aliphatic rings. The maximum absolute atomic E-state index is 12.6. The fourth-order valence-corrected chi connectivity index (χ4v) is 3.94. The summed E-state index contributed by atoms with van der Waals surface area (Å²) in [6, 6.07) is 8.42. The Kier molecular flexibility index (Phi) is 6.85. The molecule has 1 fully saturated rings. The van der Waals surface area contributed by atoms with Crippen LogP contribution in [-0.2, 0) is 11.3 Å². The van der Waals surface area contributed by atoms with Crippen molar-refractivity contribution in [2.75, 3.05) is 18.1 Å². The second-order valence-corrected chi connectivity index (χ2v) is 9.67. The quantitative estimate of drug-likeness (QED) is 0.451. The molecule has 9 heteroatoms. The number of halogens is 3. The molecular formula is C22H26F3N3O2S. The average Bonchev–Trinajstić information content (AvgIpc) is 3.00. The van der Waals surface area contributed by atoms with Crippen LogP contribution in [-0.4, -0.2) is 46.2 Å². The molecule has 3 rings (SSSR count). The molecule has 0 saturated carbocycles. The first kappa shape index (κ1) is 23.4. The zero-order valence-electron chi connectivity index (χ0n) is 17.9. The SMILES string of the molecule is CC1CN(c2ccc(SC(F)(F)F)cc2)CN1Cc1ccncc1C(=O)OC(C)(C)C. The van der Waals surface area contributed by atoms with Crippen molar-refractivity contribution in [2.45, 2.75) is 56.3 Å². The molecule has 0 spiro atoms. The summed E-state index contributed by atoms with van der Waals surface area (Å²) < 4.78 is 43.1. The third-order valence-corrected chi connectivity index (χ3v) is 5.54. The summed E-state index contributed by atoms with van der Waals surface area (Å²) in [6.07, 6.45) is 3.18. The van der Waals surface area contributed by atoms with Crippen molar-refractivity contribution in [2.24, 2.45) is 0 Å². The lowest BCUT2D eigenvalue weighted by molar-refractivity contribution is -0.0328. The zero-order chi connectivity index (χ0) is 22.8. The van der Waals surface area contributed by atoms with Gasteiger partial charge in [0, 0.05) is 42.1 Å². The van der Waals surface area contributed by atoms with Crippen molar-refractivity contribution < 1.29 is 22.7 Å². The van der Waals surface area contributed by atoms with Crippen molar-refractivity contribution in [1.82, 2.24) is 9.88 Å². The number of benzene rings is 1. The third kappa shape index (κ3) is 6.61. The van der Waals surface area contributed by atoms with Gasteiger partial charge in [0.25, 0.3) is 0 Å². The van der Waals surface area contributed by atoms with E-state index in [0.717, 1.165) is 17.8 Å². The fraction of sp³-hybridized carbons (Fsp3) is 0.455. The van der Waals surface area contributed by atoms with Crippen LogP contribution >= 0.6 is 11.8 Å². The van der Waals surface area contributed by atoms with Crippen LogP contribution in [0.3, 0.4) is 0 Å². The molecule has 1 saturated heterocycles. The van der Waals surface area contributed by atoms with Crippen molar-refractivity contribution >= 4 is 23.4 Å². The van der Waals surface area contributed by atoms with Crippen LogP contribution in [0.4, 0.5) is 18.9 Å². The van der Waals surface area contributed by atoms with E-state index in [-0.39, 0.29) is 22.7 Å². The number of pyridine rings is 1. The van der Waals surface area contributed by atoms with Crippen LogP contribution in [0.25, 0.3) is 0 Å². The number of hydrogen-bond acceptors (Lipinski definition) is 6. The summed E-state index contributed by atoms with van der Waals surface area (Å²) in [4.78, 5) is 21.1. The Morgan fingerprint density at radius 2 is 1.87 bits per heavy atom. The first-order valence-electron chi connectivity index (χ1n) is 9.92. The monoisotopic (exact) mass is 453 g/mol. The minimum atomic E-state index is -4.29. The lowest BCUT2D eigenvalue weighted by atomic mass is 10.1. The Hall–Kier alpha value is -2.26. The summed E-state index contributed by atoms with van der Waals surface area (Å²) in [5, 5.41) is 0. The highest BCUT2D eigenvalue weighted by Crippen LogP contribution is 2.37. The van der Waals surface area contributed by atoms with Gasteiger partial charge in [-0.1, -0.05) is 0 Å². The topological polar surface area (TPSA) is 45.7 Å². The Morgan fingerprint density at radius 3 is 2.48 bits per heavy atom. The number of rotatable bonds is 5. The number of esters is 1. The van der Waals surface area contributed by atoms with Gasteiger partial charge in [-0.3, -0.25) is 9.88 Å². The highest BCUT2D eigenvalue weighted by Gasteiger charge is 2.31. The van der Waals surface area contributed by atoms with E-state index in [4.69, 9.17) is 4.74 Å². The summed E-state index contributed by atoms with van der Waals surface area (Å²) in [7, 11) is 0. The van der Waals surface area contributed by atoms with Crippen LogP contribution in [0.15, 0.2) is 47.6 Å². The molecule has 31 heavy (non-hydrogen) atoms. The molecule has 0 amide bonds. The van der Waals surface area contributed by atoms with E-state index in [1.54, 1.807) is 18.3 Å². The molecule has 0 bridgehead atoms. The Labute approximate surface area is 184 Å². The third-order valence-electron chi connectivity index (χ3n) is 4.80. The molecule has 2 heterocycles. The maximum atomic E-state index is 12.6. The molecule has 1 unspecified atom stereocenters. The standard InChI is InChI=1S/C22H26F3N3O2S/c1-15-12-28(17-5-7-18(8-6-17)31-22(23,24)25)14-27(15)13-16-9-10-26-11-19(16)20(29)30-21(2,3)4/h5-11,15H,12-14H2,1-4H3. The van der Waals surface area contributed by atoms with E-state index in [0.29, 0.717) is 18.8 Å². The van der Waals surface area contributed by atoms with Crippen molar-refractivity contribution in [3.8, 4) is 0 Å². The molecule has 2 aromatic rings. The van der Waals surface area contributed by atoms with Gasteiger partial charge in [0.15, 0.2) is 0 Å². The van der Waals surface area contributed by atoms with Crippen molar-refractivity contribution in [3.63, 3.8) is 0 Å². The van der Waals surface area contributed by atoms with Crippen LogP contribution in [0.2, 0.25) is 0 Å². The minimum absolute atomic E-state index is 0.116. The first-order chi connectivity index (χ1) is 14.4. The number of aromatic nitrogens is 1. The normalized spacial score (nSPS) is 17.8. The number of hydrogen-bond donors (Lipinski definition) is 0. The van der Waals surface area contributed by atoms with Gasteiger partial charge in [0.05, 0.1) is 12.2 Å². The number of ether oxygens (including phenoxy) is 1. The minimum Gasteiger partial charge on any atom is -0.456 e. The van der Waals surface area contributed by atoms with Gasteiger partial charge < -0.3 is 9.64 Å². The van der Waals surface area contributed by atoms with E-state index in [1.807, 2.05) is 26.8 Å². The predicted octanol–water partition coefficient (Wildman–Crippen LogP) is 5.32. The summed E-state index contributed by atoms with van der Waals surface area (Å²) in [6.45, 7) is 9.42. The lowest BCUT2D eigenvalue weighted by Crippen LogP contribution is -2.30. The molecule has 1 aromatic heterocycles. The van der Waals surface area contributed by atoms with Crippen molar-refractivity contribution in [1.29, 1.82) is 0 Å². The number of anilines is 1. The second-order valence-electron chi connectivity index (χ2n) is 8.54. The van der Waals surface area contributed by atoms with Gasteiger partial charge in [0.2, 0.25) is 0 Å². The zero-order valence-corrected chi connectivity index (χ0v) is 18.8. The van der Waals surface area contributed by atoms with Gasteiger partial charge in [-0.2, -0.15) is 13.2 Å². The molecular weight excluding hydrogens is 427 g/mol. The molecule has 168 valence electrons. The summed E-state index contributed by atoms with van der Waals surface area (Å²) >= 11 is -0.116. The predicted molar refractivity (Wildman–Crippen MR) is 115 cm³/mol. The Bertz CT molecular complexity index is 913. The van der Waals surface area contributed by atoms with E-state index in [1.165, 1.54) is 18.3 Å². The largest absolute Gasteiger partial charge is 0.456 e. The van der Waals surface area contributed by atoms with Crippen LogP contribution < -0.4 is 4.90 Å². The smallest absolute Gasteiger partial charge is 0.446 e. The number of alkyl halides is 3. The lowest BCUT2D eigenvalue weighted by Gasteiger charge is -2.23. The van der Waals surface area contributed by atoms with Gasteiger partial charge in [-0.05, 0) is 75.4 Å². The van der Waals surface area contributed by atoms with Gasteiger partial charge in [0.1, 0.15) is 5.60 Å². The van der Waals surface area contributed by atoms with E-state index >= 15 is 0 Å². The summed E-state index contributed by atoms with van der Waals surface area (Å²) in [5.74, 6) is -0.406. The van der Waals surface area contributed by atoms with Gasteiger partial charge in [-0.15, -0.1) is 0 Å². The molecule has 0 aliphatic carbocycles. The van der Waals surface area contributed by atoms with Crippen LogP contribution in [0.5, 0.6) is 0 Å². The number of nitrogens with zero attached hydrogens (tertiary/aromatic N) is 3. The van der Waals surface area contributed by atoms with Crippen LogP contribution in [0.1, 0.15) is 43.6 Å². The molecule has 1 aromatic carbocycles. The highest BCUT2D eigenvalue weighted by atomic mass is 32.2. The number of carbonyl (C=O) groups is 1. The van der Waals surface area contributed by atoms with Gasteiger partial charge >= 0.3 is 11.5 Å². The molecule has 5 nitrogen and oxygen atoms in total. The molecule has 0 N–H and O–H groups in total. The maximum Gasteiger partial charge on any atom is 0.446 e. The van der Waals surface area contributed by atoms with E-state index in [9.17, 15) is 18.0 Å². The van der Waals surface area contributed by atoms with Gasteiger partial charge in [-0.25, -0.2) is 4.79 Å². The van der Waals surface area contributed by atoms with Crippen LogP contribution in [0, 0.1) is 0 Å². The Morgan fingerprint density at radius 1 is 1.19 bits per heavy atom. The number of carbonyl (C=O) groups excluding carboxylic acids is 1. The number of thioether (sulfide) groups is 1. The summed E-state index contributed by atoms with van der Waals surface area (Å²) in [5.41, 5.74) is -2.76. The molecule has 0 radical (unpaired) electrons. The highest BCUT2D eigenvalue weighted by molar-refractivity contribution is 8.00. The van der Waals surface area contributed by atoms with Crippen molar-refractivity contribution in [3.05, 3.63) is 53.9 Å². The second kappa shape index (κ2) is 9.08. The first-order valence-corrected chi connectivity index (χ1v) is 10.7. The van der Waals surface area contributed by atoms with E-state index < -0.39 is 17.1 Å². The molecule has 1 aliphatic heterocycles. The fourth-order valence-electron chi connectivity index (χ4n) is 3.40.